The van der Waals surface area contributed by atoms with Gasteiger partial charge in [0.05, 0.1) is 20.6 Å². The number of halogens is 2. The highest BCUT2D eigenvalue weighted by atomic mass is 79.9. The molecule has 0 aliphatic heterocycles. The summed E-state index contributed by atoms with van der Waals surface area (Å²) in [5, 5.41) is 12.4. The van der Waals surface area contributed by atoms with Crippen LogP contribution in [0.3, 0.4) is 0 Å². The second-order valence-corrected chi connectivity index (χ2v) is 9.96. The van der Waals surface area contributed by atoms with Crippen LogP contribution in [0.4, 0.5) is 0 Å². The summed E-state index contributed by atoms with van der Waals surface area (Å²) in [5.41, 5.74) is 0.834. The second-order valence-electron chi connectivity index (χ2n) is 6.68. The third-order valence-corrected chi connectivity index (χ3v) is 5.64. The minimum Gasteiger partial charge on any atom is -0.507 e. The number of carbonyl (C=O) groups excluding carboxylic acids is 2. The molecule has 0 fully saturated rings. The van der Waals surface area contributed by atoms with Gasteiger partial charge in [-0.25, -0.2) is 0 Å². The van der Waals surface area contributed by atoms with E-state index in [1.54, 1.807) is 20.5 Å². The average molecular weight is 562 g/mol. The zero-order valence-corrected chi connectivity index (χ0v) is 20.6. The molecule has 30 heavy (non-hydrogen) atoms. The highest BCUT2D eigenvalue weighted by Crippen LogP contribution is 2.40. The van der Waals surface area contributed by atoms with E-state index >= 15 is 0 Å². The molecule has 2 N–H and O–H groups in total. The number of phenols is 1. The lowest BCUT2D eigenvalue weighted by atomic mass is 10.1. The van der Waals surface area contributed by atoms with Gasteiger partial charge < -0.3 is 19.9 Å². The third kappa shape index (κ3) is 7.07. The topological polar surface area (TPSA) is 102 Å². The van der Waals surface area contributed by atoms with E-state index in [4.69, 9.17) is 9.47 Å². The molecule has 10 heteroatoms. The second kappa shape index (κ2) is 10.9. The first-order valence-corrected chi connectivity index (χ1v) is 12.4. The molecule has 2 rings (SSSR count). The van der Waals surface area contributed by atoms with Crippen molar-refractivity contribution in [1.29, 1.82) is 0 Å². The van der Waals surface area contributed by atoms with Gasteiger partial charge in [-0.2, -0.15) is 0 Å². The number of rotatable bonds is 8. The minimum atomic E-state index is -1.33. The molecule has 160 valence electrons. The Kier molecular flexibility index (Phi) is 8.82. The van der Waals surface area contributed by atoms with Gasteiger partial charge in [-0.05, 0) is 76.0 Å². The number of esters is 1. The van der Waals surface area contributed by atoms with E-state index in [-0.39, 0.29) is 24.0 Å². The predicted molar refractivity (Wildman–Crippen MR) is 121 cm³/mol. The molecule has 0 aliphatic carbocycles. The monoisotopic (exact) mass is 560 g/mol. The molecule has 1 atom stereocenters. The van der Waals surface area contributed by atoms with E-state index < -0.39 is 19.7 Å². The van der Waals surface area contributed by atoms with Crippen LogP contribution < -0.4 is 10.1 Å². The van der Waals surface area contributed by atoms with Gasteiger partial charge in [-0.3, -0.25) is 9.59 Å². The molecule has 1 unspecified atom stereocenters. The van der Waals surface area contributed by atoms with Crippen molar-refractivity contribution >= 4 is 51.5 Å². The predicted octanol–water partition coefficient (Wildman–Crippen LogP) is 5.35. The molecule has 0 spiro atoms. The summed E-state index contributed by atoms with van der Waals surface area (Å²) in [4.78, 5) is 24.0. The Labute approximate surface area is 192 Å². The zero-order valence-electron chi connectivity index (χ0n) is 16.6. The summed E-state index contributed by atoms with van der Waals surface area (Å²) in [6.45, 7) is 4.75. The summed E-state index contributed by atoms with van der Waals surface area (Å²) in [6, 6.07) is 7.83. The van der Waals surface area contributed by atoms with E-state index in [2.05, 4.69) is 37.2 Å². The van der Waals surface area contributed by atoms with Gasteiger partial charge in [-0.1, -0.05) is 4.57 Å². The van der Waals surface area contributed by atoms with Crippen LogP contribution in [0, 0.1) is 0 Å². The van der Waals surface area contributed by atoms with E-state index in [1.165, 1.54) is 18.2 Å². The molecule has 1 amide bonds. The molecule has 2 aromatic rings. The molecule has 0 heterocycles. The zero-order chi connectivity index (χ0) is 22.4. The van der Waals surface area contributed by atoms with Gasteiger partial charge in [0.2, 0.25) is 0 Å². The Balaban J connectivity index is 2.18. The lowest BCUT2D eigenvalue weighted by molar-refractivity contribution is -0.146. The van der Waals surface area contributed by atoms with Crippen LogP contribution in [0.5, 0.6) is 17.2 Å². The summed E-state index contributed by atoms with van der Waals surface area (Å²) in [6.07, 6.45) is 0.149. The van der Waals surface area contributed by atoms with Crippen molar-refractivity contribution < 1.29 is 28.7 Å². The van der Waals surface area contributed by atoms with Crippen molar-refractivity contribution in [2.45, 2.75) is 26.1 Å². The maximum atomic E-state index is 12.4. The molecule has 0 saturated carbocycles. The van der Waals surface area contributed by atoms with Crippen molar-refractivity contribution in [2.75, 3.05) is 13.2 Å². The van der Waals surface area contributed by atoms with Crippen molar-refractivity contribution in [3.63, 3.8) is 0 Å². The summed E-state index contributed by atoms with van der Waals surface area (Å²) in [7, 11) is -1.33. The first kappa shape index (κ1) is 24.3. The highest BCUT2D eigenvalue weighted by Gasteiger charge is 2.18. The molecule has 2 aromatic carbocycles. The number of amides is 1. The molecule has 0 aromatic heterocycles. The van der Waals surface area contributed by atoms with Crippen molar-refractivity contribution in [3.8, 4) is 17.2 Å². The van der Waals surface area contributed by atoms with Crippen molar-refractivity contribution in [2.24, 2.45) is 0 Å². The average Bonchev–Trinajstić information content (AvgIpc) is 2.63. The standard InChI is InChI=1S/C20H20Br2NO6P/c1-11(2)28-18(25)9-23-20(26)14-8-13(4-5-17(14)24)29-19-15(21)6-12(7-16(19)22)10-30(3)27/h4-8,11H,9-10H2,1-3H3,(H-,23,24,26)/p+1. The minimum absolute atomic E-state index is 0.0447. The van der Waals surface area contributed by atoms with Crippen LogP contribution in [-0.2, 0) is 20.3 Å². The van der Waals surface area contributed by atoms with E-state index in [0.717, 1.165) is 5.56 Å². The Morgan fingerprint density at radius 2 is 1.80 bits per heavy atom. The number of phenolic OH excluding ortho intramolecular Hbond substituents is 1. The largest absolute Gasteiger partial charge is 0.507 e. The summed E-state index contributed by atoms with van der Waals surface area (Å²) in [5.74, 6) is -0.704. The fourth-order valence-corrected chi connectivity index (χ4v) is 4.63. The molecular formula is C20H21Br2NO6P+. The smallest absolute Gasteiger partial charge is 0.340 e. The van der Waals surface area contributed by atoms with Crippen LogP contribution >= 0.6 is 39.7 Å². The van der Waals surface area contributed by atoms with Crippen molar-refractivity contribution in [1.82, 2.24) is 5.32 Å². The highest BCUT2D eigenvalue weighted by molar-refractivity contribution is 9.11. The fourth-order valence-electron chi connectivity index (χ4n) is 2.49. The van der Waals surface area contributed by atoms with E-state index in [1.807, 2.05) is 12.1 Å². The quantitative estimate of drug-likeness (QED) is 0.333. The third-order valence-electron chi connectivity index (χ3n) is 3.66. The van der Waals surface area contributed by atoms with Crippen molar-refractivity contribution in [3.05, 3.63) is 50.4 Å². The Morgan fingerprint density at radius 1 is 1.17 bits per heavy atom. The number of carbonyl (C=O) groups is 2. The van der Waals surface area contributed by atoms with Gasteiger partial charge in [0.25, 0.3) is 5.91 Å². The maximum Gasteiger partial charge on any atom is 0.340 e. The van der Waals surface area contributed by atoms with E-state index in [0.29, 0.717) is 26.6 Å². The summed E-state index contributed by atoms with van der Waals surface area (Å²) < 4.78 is 23.6. The van der Waals surface area contributed by atoms with Gasteiger partial charge in [0, 0.05) is 5.56 Å². The van der Waals surface area contributed by atoms with E-state index in [9.17, 15) is 19.3 Å². The van der Waals surface area contributed by atoms with Crippen LogP contribution in [0.15, 0.2) is 39.3 Å². The molecular weight excluding hydrogens is 541 g/mol. The lowest BCUT2D eigenvalue weighted by Gasteiger charge is -2.13. The van der Waals surface area contributed by atoms with Crippen LogP contribution in [0.25, 0.3) is 0 Å². The van der Waals surface area contributed by atoms with Gasteiger partial charge in [0.1, 0.15) is 24.7 Å². The first-order valence-electron chi connectivity index (χ1n) is 8.91. The van der Waals surface area contributed by atoms with Gasteiger partial charge in [0.15, 0.2) is 11.9 Å². The fraction of sp³-hybridized carbons (Fsp3) is 0.300. The normalized spacial score (nSPS) is 11.2. The molecule has 7 nitrogen and oxygen atoms in total. The SMILES string of the molecule is CC(C)OC(=O)CNC(=O)c1cc(Oc2c(Br)cc(C[P+](C)=O)cc2Br)ccc1O. The van der Waals surface area contributed by atoms with Gasteiger partial charge in [-0.15, -0.1) is 0 Å². The molecule has 0 radical (unpaired) electrons. The number of ether oxygens (including phenoxy) is 2. The number of benzene rings is 2. The van der Waals surface area contributed by atoms with Crippen LogP contribution in [0.2, 0.25) is 0 Å². The van der Waals surface area contributed by atoms with Crippen LogP contribution in [-0.4, -0.2) is 36.3 Å². The van der Waals surface area contributed by atoms with Crippen LogP contribution in [0.1, 0.15) is 29.8 Å². The Hall–Kier alpha value is -1.96. The maximum absolute atomic E-state index is 12.4. The number of hydrogen-bond donors (Lipinski definition) is 2. The number of nitrogens with one attached hydrogen (secondary N) is 1. The summed E-state index contributed by atoms with van der Waals surface area (Å²) >= 11 is 6.88. The molecule has 0 bridgehead atoms. The lowest BCUT2D eigenvalue weighted by Crippen LogP contribution is -2.31. The Bertz CT molecular complexity index is 957. The van der Waals surface area contributed by atoms with Gasteiger partial charge >= 0.3 is 13.8 Å². The number of aromatic hydroxyl groups is 1. The molecule has 0 saturated heterocycles. The Morgan fingerprint density at radius 3 is 2.37 bits per heavy atom. The first-order chi connectivity index (χ1) is 14.1. The molecule has 0 aliphatic rings. The number of hydrogen-bond acceptors (Lipinski definition) is 6.